The summed E-state index contributed by atoms with van der Waals surface area (Å²) in [5, 5.41) is 4.19. The number of nitrogens with one attached hydrogen (secondary N) is 2. The Morgan fingerprint density at radius 3 is 2.73 bits per heavy atom. The van der Waals surface area contributed by atoms with E-state index in [1.54, 1.807) is 0 Å². The Morgan fingerprint density at radius 1 is 1.33 bits per heavy atom. The third-order valence-corrected chi connectivity index (χ3v) is 5.15. The minimum absolute atomic E-state index is 0.0647. The number of alkyl halides is 3. The summed E-state index contributed by atoms with van der Waals surface area (Å²) in [5.41, 5.74) is 2.28. The number of carbonyl (C=O) groups is 1. The molecule has 1 aromatic heterocycles. The van der Waals surface area contributed by atoms with Gasteiger partial charge in [0.2, 0.25) is 11.5 Å². The van der Waals surface area contributed by atoms with Crippen molar-refractivity contribution in [2.45, 2.75) is 31.0 Å². The molecule has 2 aromatic rings. The number of anilines is 2. The van der Waals surface area contributed by atoms with Crippen LogP contribution in [0.4, 0.5) is 34.0 Å². The zero-order chi connectivity index (χ0) is 21.7. The standard InChI is InChI=1S/C19H14ClF4N5O/c20-12-7-11-14(5-10(12)6-15-13(21)8-26-16(25)27-15)28-17(30)29-18(11,19(22,23)24)4-3-9-1-2-9/h5,7-9H,1-2,6H2,(H2,25,26,27)(H2,28,29,30). The molecule has 0 spiro atoms. The predicted octanol–water partition coefficient (Wildman–Crippen LogP) is 3.75. The number of aromatic nitrogens is 2. The Labute approximate surface area is 173 Å². The van der Waals surface area contributed by atoms with Gasteiger partial charge < -0.3 is 16.4 Å². The van der Waals surface area contributed by atoms with Crippen molar-refractivity contribution in [1.29, 1.82) is 0 Å². The van der Waals surface area contributed by atoms with Crippen LogP contribution in [0.5, 0.6) is 0 Å². The molecule has 4 rings (SSSR count). The number of nitrogen functional groups attached to an aromatic ring is 1. The van der Waals surface area contributed by atoms with Crippen LogP contribution in [0.25, 0.3) is 0 Å². The van der Waals surface area contributed by atoms with Crippen molar-refractivity contribution in [3.05, 3.63) is 46.0 Å². The first-order valence-electron chi connectivity index (χ1n) is 8.87. The number of nitrogens with two attached hydrogens (primary N) is 1. The lowest BCUT2D eigenvalue weighted by Gasteiger charge is -2.37. The van der Waals surface area contributed by atoms with Gasteiger partial charge >= 0.3 is 12.2 Å². The van der Waals surface area contributed by atoms with Crippen molar-refractivity contribution in [2.75, 3.05) is 11.1 Å². The molecule has 2 aliphatic rings. The molecule has 1 aliphatic heterocycles. The third kappa shape index (κ3) is 3.61. The molecule has 1 saturated carbocycles. The Hall–Kier alpha value is -3.06. The maximum atomic E-state index is 14.1. The van der Waals surface area contributed by atoms with Crippen molar-refractivity contribution in [1.82, 2.24) is 15.3 Å². The molecule has 0 bridgehead atoms. The molecule has 1 aromatic carbocycles. The van der Waals surface area contributed by atoms with Gasteiger partial charge in [-0.1, -0.05) is 23.4 Å². The van der Waals surface area contributed by atoms with Crippen LogP contribution in [-0.2, 0) is 12.0 Å². The fourth-order valence-electron chi connectivity index (χ4n) is 3.11. The minimum atomic E-state index is -4.90. The van der Waals surface area contributed by atoms with Gasteiger partial charge in [-0.15, -0.1) is 0 Å². The molecular weight excluding hydrogens is 426 g/mol. The summed E-state index contributed by atoms with van der Waals surface area (Å²) < 4.78 is 56.4. The van der Waals surface area contributed by atoms with Gasteiger partial charge in [0.15, 0.2) is 5.82 Å². The number of carbonyl (C=O) groups excluding carboxylic acids is 1. The van der Waals surface area contributed by atoms with E-state index >= 15 is 0 Å². The summed E-state index contributed by atoms with van der Waals surface area (Å²) in [5.74, 6) is 3.79. The highest BCUT2D eigenvalue weighted by Crippen LogP contribution is 2.46. The van der Waals surface area contributed by atoms with E-state index in [0.29, 0.717) is 12.8 Å². The lowest BCUT2D eigenvalue weighted by molar-refractivity contribution is -0.178. The van der Waals surface area contributed by atoms with Crippen LogP contribution >= 0.6 is 11.6 Å². The smallest absolute Gasteiger partial charge is 0.368 e. The van der Waals surface area contributed by atoms with E-state index in [2.05, 4.69) is 27.1 Å². The molecule has 4 N–H and O–H groups in total. The van der Waals surface area contributed by atoms with E-state index < -0.39 is 23.6 Å². The van der Waals surface area contributed by atoms with Crippen molar-refractivity contribution in [3.8, 4) is 11.8 Å². The summed E-state index contributed by atoms with van der Waals surface area (Å²) in [6, 6.07) is 1.28. The summed E-state index contributed by atoms with van der Waals surface area (Å²) in [7, 11) is 0. The number of hydrogen-bond donors (Lipinski definition) is 3. The number of fused-ring (bicyclic) bond motifs is 1. The fourth-order valence-corrected chi connectivity index (χ4v) is 3.34. The van der Waals surface area contributed by atoms with Gasteiger partial charge in [0.1, 0.15) is 0 Å². The van der Waals surface area contributed by atoms with E-state index in [-0.39, 0.29) is 45.8 Å². The highest BCUT2D eigenvalue weighted by Gasteiger charge is 2.59. The van der Waals surface area contributed by atoms with Crippen LogP contribution in [0.2, 0.25) is 5.02 Å². The molecule has 1 unspecified atom stereocenters. The third-order valence-electron chi connectivity index (χ3n) is 4.80. The van der Waals surface area contributed by atoms with Crippen molar-refractivity contribution < 1.29 is 22.4 Å². The van der Waals surface area contributed by atoms with E-state index in [1.807, 2.05) is 5.32 Å². The number of nitrogens with zero attached hydrogens (tertiary/aromatic N) is 2. The van der Waals surface area contributed by atoms with Crippen LogP contribution in [0.15, 0.2) is 18.3 Å². The number of hydrogen-bond acceptors (Lipinski definition) is 4. The van der Waals surface area contributed by atoms with Gasteiger partial charge in [0.25, 0.3) is 0 Å². The number of rotatable bonds is 2. The van der Waals surface area contributed by atoms with E-state index in [0.717, 1.165) is 12.3 Å². The highest BCUT2D eigenvalue weighted by molar-refractivity contribution is 6.31. The molecule has 1 aliphatic carbocycles. The quantitative estimate of drug-likeness (QED) is 0.491. The molecule has 2 amide bonds. The normalized spacial score (nSPS) is 20.5. The topological polar surface area (TPSA) is 92.9 Å². The first-order valence-corrected chi connectivity index (χ1v) is 9.25. The minimum Gasteiger partial charge on any atom is -0.368 e. The lowest BCUT2D eigenvalue weighted by Crippen LogP contribution is -2.59. The lowest BCUT2D eigenvalue weighted by atomic mass is 9.85. The summed E-state index contributed by atoms with van der Waals surface area (Å²) in [6.07, 6.45) is -2.75. The Kier molecular flexibility index (Phi) is 4.73. The van der Waals surface area contributed by atoms with Crippen molar-refractivity contribution in [3.63, 3.8) is 0 Å². The number of benzene rings is 1. The number of urea groups is 1. The van der Waals surface area contributed by atoms with Crippen LogP contribution in [0.3, 0.4) is 0 Å². The zero-order valence-corrected chi connectivity index (χ0v) is 16.0. The Bertz CT molecular complexity index is 1110. The summed E-state index contributed by atoms with van der Waals surface area (Å²) in [6.45, 7) is 0. The fraction of sp³-hybridized carbons (Fsp3) is 0.316. The van der Waals surface area contributed by atoms with E-state index in [1.165, 1.54) is 6.07 Å². The predicted molar refractivity (Wildman–Crippen MR) is 101 cm³/mol. The van der Waals surface area contributed by atoms with Crippen molar-refractivity contribution >= 4 is 29.3 Å². The average Bonchev–Trinajstić information content (AvgIpc) is 3.47. The van der Waals surface area contributed by atoms with Crippen molar-refractivity contribution in [2.24, 2.45) is 5.92 Å². The van der Waals surface area contributed by atoms with Gasteiger partial charge in [-0.25, -0.2) is 19.2 Å². The van der Waals surface area contributed by atoms with Crippen LogP contribution in [0, 0.1) is 23.6 Å². The SMILES string of the molecule is Nc1ncc(F)c(Cc2cc3c(cc2Cl)C(C#CC2CC2)(C(F)(F)F)NC(=O)N3)n1. The van der Waals surface area contributed by atoms with Gasteiger partial charge in [-0.05, 0) is 30.5 Å². The largest absolute Gasteiger partial charge is 0.427 e. The summed E-state index contributed by atoms with van der Waals surface area (Å²) >= 11 is 6.24. The zero-order valence-electron chi connectivity index (χ0n) is 15.2. The monoisotopic (exact) mass is 439 g/mol. The molecule has 1 atom stereocenters. The summed E-state index contributed by atoms with van der Waals surface area (Å²) in [4.78, 5) is 19.4. The number of amides is 2. The van der Waals surface area contributed by atoms with Crippen LogP contribution in [-0.4, -0.2) is 22.2 Å². The highest BCUT2D eigenvalue weighted by atomic mass is 35.5. The Balaban J connectivity index is 1.83. The second-order valence-electron chi connectivity index (χ2n) is 7.06. The molecule has 0 radical (unpaired) electrons. The molecule has 11 heteroatoms. The number of halogens is 5. The average molecular weight is 440 g/mol. The van der Waals surface area contributed by atoms with E-state index in [9.17, 15) is 22.4 Å². The second kappa shape index (κ2) is 7.02. The Morgan fingerprint density at radius 2 is 2.07 bits per heavy atom. The maximum Gasteiger partial charge on any atom is 0.427 e. The van der Waals surface area contributed by atoms with E-state index in [4.69, 9.17) is 17.3 Å². The molecule has 0 saturated heterocycles. The molecule has 6 nitrogen and oxygen atoms in total. The molecule has 1 fully saturated rings. The maximum absolute atomic E-state index is 14.1. The second-order valence-corrected chi connectivity index (χ2v) is 7.47. The van der Waals surface area contributed by atoms with Gasteiger partial charge in [0, 0.05) is 28.6 Å². The van der Waals surface area contributed by atoms with Gasteiger partial charge in [-0.3, -0.25) is 0 Å². The molecule has 30 heavy (non-hydrogen) atoms. The first-order chi connectivity index (χ1) is 14.1. The molecular formula is C19H14ClF4N5O. The van der Waals surface area contributed by atoms with Gasteiger partial charge in [-0.2, -0.15) is 13.2 Å². The first kappa shape index (κ1) is 20.2. The van der Waals surface area contributed by atoms with Gasteiger partial charge in [0.05, 0.1) is 11.9 Å². The van der Waals surface area contributed by atoms with Crippen LogP contribution < -0.4 is 16.4 Å². The molecule has 156 valence electrons. The van der Waals surface area contributed by atoms with Crippen LogP contribution in [0.1, 0.15) is 29.7 Å². The molecule has 2 heterocycles.